The first-order valence-electron chi connectivity index (χ1n) is 6.14. The number of carbonyl (C=O) groups excluding carboxylic acids is 1. The van der Waals surface area contributed by atoms with Crippen LogP contribution in [0.2, 0.25) is 0 Å². The molecule has 1 aromatic rings. The summed E-state index contributed by atoms with van der Waals surface area (Å²) in [4.78, 5) is 11.9. The molecule has 0 aromatic heterocycles. The third-order valence-electron chi connectivity index (χ3n) is 3.20. The highest BCUT2D eigenvalue weighted by Gasteiger charge is 2.23. The van der Waals surface area contributed by atoms with E-state index < -0.39 is 17.5 Å². The molecule has 19 heavy (non-hydrogen) atoms. The Labute approximate surface area is 112 Å². The highest BCUT2D eigenvalue weighted by atomic mass is 19.1. The van der Waals surface area contributed by atoms with Gasteiger partial charge in [0.1, 0.15) is 17.3 Å². The predicted octanol–water partition coefficient (Wildman–Crippen LogP) is 3.17. The van der Waals surface area contributed by atoms with Gasteiger partial charge in [0.15, 0.2) is 0 Å². The summed E-state index contributed by atoms with van der Waals surface area (Å²) in [5.74, 6) is -2.05. The van der Waals surface area contributed by atoms with Crippen molar-refractivity contribution in [2.75, 3.05) is 12.4 Å². The Morgan fingerprint density at radius 1 is 1.21 bits per heavy atom. The topological polar surface area (TPSA) is 41.1 Å². The Hall–Kier alpha value is -1.65. The minimum Gasteiger partial charge on any atom is -0.383 e. The lowest BCUT2D eigenvalue weighted by molar-refractivity contribution is 0.0909. The predicted molar refractivity (Wildman–Crippen MR) is 72.3 cm³/mol. The van der Waals surface area contributed by atoms with E-state index in [0.717, 1.165) is 12.1 Å². The number of amides is 1. The molecule has 0 saturated heterocycles. The van der Waals surface area contributed by atoms with Gasteiger partial charge in [0.2, 0.25) is 0 Å². The lowest BCUT2D eigenvalue weighted by atomic mass is 9.88. The maximum Gasteiger partial charge on any atom is 0.251 e. The van der Waals surface area contributed by atoms with Crippen molar-refractivity contribution in [2.45, 2.75) is 33.7 Å². The van der Waals surface area contributed by atoms with E-state index in [-0.39, 0.29) is 22.7 Å². The second-order valence-electron chi connectivity index (χ2n) is 5.63. The van der Waals surface area contributed by atoms with Gasteiger partial charge in [0, 0.05) is 18.7 Å². The van der Waals surface area contributed by atoms with Crippen LogP contribution in [0.3, 0.4) is 0 Å². The SMILES string of the molecule is CNc1c(F)cc(C(=O)NC(C)C(C)(C)C)cc1F. The second-order valence-corrected chi connectivity index (χ2v) is 5.63. The van der Waals surface area contributed by atoms with Crippen LogP contribution in [0.1, 0.15) is 38.1 Å². The monoisotopic (exact) mass is 270 g/mol. The molecule has 2 N–H and O–H groups in total. The third-order valence-corrected chi connectivity index (χ3v) is 3.20. The molecule has 0 aliphatic heterocycles. The lowest BCUT2D eigenvalue weighted by Crippen LogP contribution is -2.41. The molecule has 1 aromatic carbocycles. The Morgan fingerprint density at radius 3 is 2.05 bits per heavy atom. The van der Waals surface area contributed by atoms with Crippen molar-refractivity contribution < 1.29 is 13.6 Å². The largest absolute Gasteiger partial charge is 0.383 e. The number of halogens is 2. The van der Waals surface area contributed by atoms with Gasteiger partial charge in [-0.05, 0) is 24.5 Å². The normalized spacial score (nSPS) is 13.0. The Bertz CT molecular complexity index is 458. The summed E-state index contributed by atoms with van der Waals surface area (Å²) >= 11 is 0. The van der Waals surface area contributed by atoms with E-state index in [1.165, 1.54) is 7.05 Å². The fourth-order valence-electron chi connectivity index (χ4n) is 1.44. The van der Waals surface area contributed by atoms with Gasteiger partial charge in [0.25, 0.3) is 5.91 Å². The molecule has 5 heteroatoms. The molecule has 0 saturated carbocycles. The van der Waals surface area contributed by atoms with Crippen molar-refractivity contribution >= 4 is 11.6 Å². The van der Waals surface area contributed by atoms with E-state index in [1.54, 1.807) is 0 Å². The van der Waals surface area contributed by atoms with Gasteiger partial charge < -0.3 is 10.6 Å². The van der Waals surface area contributed by atoms with Gasteiger partial charge in [0.05, 0.1) is 0 Å². The molecule has 1 unspecified atom stereocenters. The zero-order chi connectivity index (χ0) is 14.8. The number of nitrogens with one attached hydrogen (secondary N) is 2. The molecule has 0 radical (unpaired) electrons. The van der Waals surface area contributed by atoms with E-state index >= 15 is 0 Å². The first-order chi connectivity index (χ1) is 8.66. The van der Waals surface area contributed by atoms with Crippen molar-refractivity contribution in [3.8, 4) is 0 Å². The number of rotatable bonds is 3. The molecule has 0 aliphatic carbocycles. The van der Waals surface area contributed by atoms with Crippen LogP contribution in [-0.2, 0) is 0 Å². The smallest absolute Gasteiger partial charge is 0.251 e. The quantitative estimate of drug-likeness (QED) is 0.885. The second kappa shape index (κ2) is 5.55. The summed E-state index contributed by atoms with van der Waals surface area (Å²) in [6.45, 7) is 7.78. The summed E-state index contributed by atoms with van der Waals surface area (Å²) in [5.41, 5.74) is -0.386. The summed E-state index contributed by atoms with van der Waals surface area (Å²) < 4.78 is 27.1. The summed E-state index contributed by atoms with van der Waals surface area (Å²) in [7, 11) is 1.42. The molecule has 1 atom stereocenters. The molecule has 0 spiro atoms. The van der Waals surface area contributed by atoms with Crippen LogP contribution in [0.15, 0.2) is 12.1 Å². The molecule has 1 rings (SSSR count). The number of anilines is 1. The Kier molecular flexibility index (Phi) is 4.50. The maximum absolute atomic E-state index is 13.6. The average Bonchev–Trinajstić information content (AvgIpc) is 2.27. The van der Waals surface area contributed by atoms with Crippen molar-refractivity contribution in [3.63, 3.8) is 0 Å². The highest BCUT2D eigenvalue weighted by Crippen LogP contribution is 2.22. The van der Waals surface area contributed by atoms with Crippen LogP contribution in [0.25, 0.3) is 0 Å². The van der Waals surface area contributed by atoms with Crippen molar-refractivity contribution in [1.29, 1.82) is 0 Å². The Morgan fingerprint density at radius 2 is 1.68 bits per heavy atom. The Balaban J connectivity index is 2.96. The number of hydrogen-bond acceptors (Lipinski definition) is 2. The van der Waals surface area contributed by atoms with Crippen molar-refractivity contribution in [2.24, 2.45) is 5.41 Å². The van der Waals surface area contributed by atoms with Gasteiger partial charge in [-0.2, -0.15) is 0 Å². The highest BCUT2D eigenvalue weighted by molar-refractivity contribution is 5.94. The molecule has 0 heterocycles. The van der Waals surface area contributed by atoms with Gasteiger partial charge >= 0.3 is 0 Å². The van der Waals surface area contributed by atoms with Crippen LogP contribution in [-0.4, -0.2) is 19.0 Å². The summed E-state index contributed by atoms with van der Waals surface area (Å²) in [5, 5.41) is 5.15. The van der Waals surface area contributed by atoms with Crippen LogP contribution in [0.4, 0.5) is 14.5 Å². The van der Waals surface area contributed by atoms with Gasteiger partial charge in [-0.25, -0.2) is 8.78 Å². The molecule has 0 fully saturated rings. The van der Waals surface area contributed by atoms with E-state index in [1.807, 2.05) is 27.7 Å². The minimum absolute atomic E-state index is 0.0231. The van der Waals surface area contributed by atoms with Crippen LogP contribution in [0, 0.1) is 17.0 Å². The van der Waals surface area contributed by atoms with E-state index in [9.17, 15) is 13.6 Å². The zero-order valence-electron chi connectivity index (χ0n) is 11.9. The van der Waals surface area contributed by atoms with Crippen LogP contribution < -0.4 is 10.6 Å². The summed E-state index contributed by atoms with van der Waals surface area (Å²) in [6, 6.07) is 1.94. The molecule has 0 bridgehead atoms. The van der Waals surface area contributed by atoms with Gasteiger partial charge in [-0.3, -0.25) is 4.79 Å². The molecule has 1 amide bonds. The van der Waals surface area contributed by atoms with Crippen molar-refractivity contribution in [3.05, 3.63) is 29.3 Å². The average molecular weight is 270 g/mol. The number of carbonyl (C=O) groups is 1. The van der Waals surface area contributed by atoms with Gasteiger partial charge in [-0.1, -0.05) is 20.8 Å². The first kappa shape index (κ1) is 15.4. The standard InChI is InChI=1S/C14H20F2N2O/c1-8(14(2,3)4)18-13(19)9-6-10(15)12(17-5)11(16)7-9/h6-8,17H,1-5H3,(H,18,19). The fraction of sp³-hybridized carbons (Fsp3) is 0.500. The fourth-order valence-corrected chi connectivity index (χ4v) is 1.44. The van der Waals surface area contributed by atoms with E-state index in [2.05, 4.69) is 10.6 Å². The molecular formula is C14H20F2N2O. The van der Waals surface area contributed by atoms with Crippen LogP contribution in [0.5, 0.6) is 0 Å². The number of hydrogen-bond donors (Lipinski definition) is 2. The van der Waals surface area contributed by atoms with E-state index in [0.29, 0.717) is 0 Å². The molecule has 106 valence electrons. The molecule has 0 aliphatic rings. The molecule has 3 nitrogen and oxygen atoms in total. The maximum atomic E-state index is 13.6. The van der Waals surface area contributed by atoms with Crippen molar-refractivity contribution in [1.82, 2.24) is 5.32 Å². The summed E-state index contributed by atoms with van der Waals surface area (Å²) in [6.07, 6.45) is 0. The molecular weight excluding hydrogens is 250 g/mol. The third kappa shape index (κ3) is 3.66. The van der Waals surface area contributed by atoms with Crippen LogP contribution >= 0.6 is 0 Å². The minimum atomic E-state index is -0.781. The lowest BCUT2D eigenvalue weighted by Gasteiger charge is -2.28. The van der Waals surface area contributed by atoms with E-state index in [4.69, 9.17) is 0 Å². The zero-order valence-corrected chi connectivity index (χ0v) is 11.9. The first-order valence-corrected chi connectivity index (χ1v) is 6.14. The van der Waals surface area contributed by atoms with Gasteiger partial charge in [-0.15, -0.1) is 0 Å². The number of benzene rings is 1.